The zero-order chi connectivity index (χ0) is 14.8. The van der Waals surface area contributed by atoms with E-state index in [1.807, 2.05) is 24.1 Å². The second-order valence-electron chi connectivity index (χ2n) is 6.25. The molecule has 0 unspecified atom stereocenters. The number of hydrogen-bond acceptors (Lipinski definition) is 3. The van der Waals surface area contributed by atoms with Crippen LogP contribution >= 0.6 is 0 Å². The van der Waals surface area contributed by atoms with Gasteiger partial charge in [0.15, 0.2) is 0 Å². The van der Waals surface area contributed by atoms with E-state index < -0.39 is 0 Å². The van der Waals surface area contributed by atoms with Gasteiger partial charge in [-0.25, -0.2) is 4.98 Å². The lowest BCUT2D eigenvalue weighted by Crippen LogP contribution is -2.35. The maximum Gasteiger partial charge on any atom is 0.105 e. The molecule has 0 amide bonds. The van der Waals surface area contributed by atoms with Crippen molar-refractivity contribution in [3.8, 4) is 0 Å². The Morgan fingerprint density at radius 3 is 2.60 bits per heavy atom. The molecule has 2 rings (SSSR count). The van der Waals surface area contributed by atoms with E-state index in [2.05, 4.69) is 53.7 Å². The first-order valence-corrected chi connectivity index (χ1v) is 7.10. The lowest BCUT2D eigenvalue weighted by molar-refractivity contribution is 0.414. The van der Waals surface area contributed by atoms with Gasteiger partial charge in [-0.15, -0.1) is 0 Å². The number of hydrogen-bond donors (Lipinski definition) is 1. The third kappa shape index (κ3) is 3.70. The third-order valence-electron chi connectivity index (χ3n) is 3.45. The summed E-state index contributed by atoms with van der Waals surface area (Å²) in [6.45, 7) is 10.4. The Bertz CT molecular complexity index is 559. The van der Waals surface area contributed by atoms with Gasteiger partial charge in [0.2, 0.25) is 0 Å². The lowest BCUT2D eigenvalue weighted by atomic mass is 10.1. The summed E-state index contributed by atoms with van der Waals surface area (Å²) in [6, 6.07) is 2.07. The highest BCUT2D eigenvalue weighted by atomic mass is 15.3. The normalized spacial score (nSPS) is 12.1. The predicted molar refractivity (Wildman–Crippen MR) is 80.5 cm³/mol. The minimum absolute atomic E-state index is 0.116. The number of aromatic nitrogens is 4. The van der Waals surface area contributed by atoms with Gasteiger partial charge in [0.05, 0.1) is 5.69 Å². The SMILES string of the molecule is Cc1ncc(CNC(C)(C)C)n1CCc1ccnn1C. The smallest absolute Gasteiger partial charge is 0.105 e. The average molecular weight is 275 g/mol. The summed E-state index contributed by atoms with van der Waals surface area (Å²) in [4.78, 5) is 4.44. The van der Waals surface area contributed by atoms with Gasteiger partial charge >= 0.3 is 0 Å². The number of nitrogens with one attached hydrogen (secondary N) is 1. The molecule has 5 nitrogen and oxygen atoms in total. The molecule has 0 aromatic carbocycles. The molecule has 110 valence electrons. The van der Waals surface area contributed by atoms with Crippen LogP contribution in [0.3, 0.4) is 0 Å². The molecule has 0 aliphatic heterocycles. The first kappa shape index (κ1) is 14.8. The lowest BCUT2D eigenvalue weighted by Gasteiger charge is -2.21. The zero-order valence-corrected chi connectivity index (χ0v) is 13.1. The fourth-order valence-corrected chi connectivity index (χ4v) is 2.19. The minimum Gasteiger partial charge on any atom is -0.331 e. The summed E-state index contributed by atoms with van der Waals surface area (Å²) in [5, 5.41) is 7.73. The van der Waals surface area contributed by atoms with E-state index in [9.17, 15) is 0 Å². The fourth-order valence-electron chi connectivity index (χ4n) is 2.19. The molecule has 0 radical (unpaired) electrons. The van der Waals surface area contributed by atoms with Crippen molar-refractivity contribution in [3.05, 3.63) is 35.7 Å². The Balaban J connectivity index is 2.04. The Hall–Kier alpha value is -1.62. The summed E-state index contributed by atoms with van der Waals surface area (Å²) >= 11 is 0. The van der Waals surface area contributed by atoms with Crippen LogP contribution in [0.25, 0.3) is 0 Å². The van der Waals surface area contributed by atoms with E-state index in [4.69, 9.17) is 0 Å². The first-order chi connectivity index (χ1) is 9.37. The van der Waals surface area contributed by atoms with Gasteiger partial charge in [-0.2, -0.15) is 5.10 Å². The maximum absolute atomic E-state index is 4.44. The standard InChI is InChI=1S/C15H25N5/c1-12-16-10-14(11-17-15(2,3)4)20(12)9-7-13-6-8-18-19(13)5/h6,8,10,17H,7,9,11H2,1-5H3. The summed E-state index contributed by atoms with van der Waals surface area (Å²) in [7, 11) is 1.98. The molecule has 0 saturated heterocycles. The van der Waals surface area contributed by atoms with Crippen molar-refractivity contribution in [3.63, 3.8) is 0 Å². The molecule has 2 heterocycles. The molecule has 0 aliphatic rings. The van der Waals surface area contributed by atoms with Crippen LogP contribution in [0.1, 0.15) is 38.0 Å². The second-order valence-corrected chi connectivity index (χ2v) is 6.25. The van der Waals surface area contributed by atoms with E-state index >= 15 is 0 Å². The van der Waals surface area contributed by atoms with Crippen molar-refractivity contribution in [1.29, 1.82) is 0 Å². The third-order valence-corrected chi connectivity index (χ3v) is 3.45. The molecule has 0 bridgehead atoms. The Kier molecular flexibility index (Phi) is 4.28. The molecule has 5 heteroatoms. The van der Waals surface area contributed by atoms with E-state index in [-0.39, 0.29) is 5.54 Å². The molecule has 20 heavy (non-hydrogen) atoms. The molecular weight excluding hydrogens is 250 g/mol. The van der Waals surface area contributed by atoms with Crippen molar-refractivity contribution >= 4 is 0 Å². The van der Waals surface area contributed by atoms with Crippen molar-refractivity contribution in [1.82, 2.24) is 24.6 Å². The van der Waals surface area contributed by atoms with Crippen LogP contribution in [0.4, 0.5) is 0 Å². The minimum atomic E-state index is 0.116. The molecule has 2 aromatic rings. The summed E-state index contributed by atoms with van der Waals surface area (Å²) < 4.78 is 4.21. The van der Waals surface area contributed by atoms with E-state index in [0.29, 0.717) is 0 Å². The molecular formula is C15H25N5. The van der Waals surface area contributed by atoms with E-state index in [1.165, 1.54) is 11.4 Å². The number of nitrogens with zero attached hydrogens (tertiary/aromatic N) is 4. The maximum atomic E-state index is 4.44. The predicted octanol–water partition coefficient (Wildman–Crippen LogP) is 2.06. The van der Waals surface area contributed by atoms with Crippen LogP contribution in [0.2, 0.25) is 0 Å². The highest BCUT2D eigenvalue weighted by Gasteiger charge is 2.12. The summed E-state index contributed by atoms with van der Waals surface area (Å²) in [5.41, 5.74) is 2.60. The average Bonchev–Trinajstić information content (AvgIpc) is 2.90. The molecule has 2 aromatic heterocycles. The molecule has 0 spiro atoms. The molecule has 0 aliphatic carbocycles. The van der Waals surface area contributed by atoms with Crippen LogP contribution in [0.5, 0.6) is 0 Å². The number of rotatable bonds is 5. The summed E-state index contributed by atoms with van der Waals surface area (Å²) in [6.07, 6.45) is 4.78. The van der Waals surface area contributed by atoms with Crippen LogP contribution in [-0.2, 0) is 26.6 Å². The van der Waals surface area contributed by atoms with Gasteiger partial charge < -0.3 is 9.88 Å². The van der Waals surface area contributed by atoms with Gasteiger partial charge in [0.25, 0.3) is 0 Å². The van der Waals surface area contributed by atoms with E-state index in [1.54, 1.807) is 0 Å². The van der Waals surface area contributed by atoms with Gasteiger partial charge in [0.1, 0.15) is 5.82 Å². The van der Waals surface area contributed by atoms with Crippen LogP contribution in [-0.4, -0.2) is 24.9 Å². The first-order valence-electron chi connectivity index (χ1n) is 7.10. The molecule has 0 fully saturated rings. The number of imidazole rings is 1. The molecule has 1 N–H and O–H groups in total. The molecule has 0 atom stereocenters. The van der Waals surface area contributed by atoms with Crippen molar-refractivity contribution in [2.75, 3.05) is 0 Å². The van der Waals surface area contributed by atoms with E-state index in [0.717, 1.165) is 25.3 Å². The molecule has 0 saturated carbocycles. The number of aryl methyl sites for hydroxylation is 3. The van der Waals surface area contributed by atoms with Gasteiger partial charge in [-0.1, -0.05) is 0 Å². The van der Waals surface area contributed by atoms with Gasteiger partial charge in [-0.05, 0) is 33.8 Å². The van der Waals surface area contributed by atoms with Gasteiger partial charge in [0, 0.05) is 50.2 Å². The topological polar surface area (TPSA) is 47.7 Å². The fraction of sp³-hybridized carbons (Fsp3) is 0.600. The Morgan fingerprint density at radius 1 is 1.25 bits per heavy atom. The highest BCUT2D eigenvalue weighted by molar-refractivity contribution is 5.07. The van der Waals surface area contributed by atoms with Crippen LogP contribution in [0, 0.1) is 6.92 Å². The highest BCUT2D eigenvalue weighted by Crippen LogP contribution is 2.09. The van der Waals surface area contributed by atoms with Crippen LogP contribution < -0.4 is 5.32 Å². The van der Waals surface area contributed by atoms with Crippen molar-refractivity contribution in [2.24, 2.45) is 7.05 Å². The second kappa shape index (κ2) is 5.79. The Morgan fingerprint density at radius 2 is 2.00 bits per heavy atom. The Labute approximate surface area is 121 Å². The largest absolute Gasteiger partial charge is 0.331 e. The quantitative estimate of drug-likeness (QED) is 0.908. The monoisotopic (exact) mass is 275 g/mol. The summed E-state index contributed by atoms with van der Waals surface area (Å²) in [5.74, 6) is 1.07. The van der Waals surface area contributed by atoms with Crippen molar-refractivity contribution < 1.29 is 0 Å². The van der Waals surface area contributed by atoms with Gasteiger partial charge in [-0.3, -0.25) is 4.68 Å². The van der Waals surface area contributed by atoms with Crippen LogP contribution in [0.15, 0.2) is 18.5 Å². The van der Waals surface area contributed by atoms with Crippen molar-refractivity contribution in [2.45, 2.75) is 52.7 Å². The zero-order valence-electron chi connectivity index (χ0n) is 13.1.